The number of carbonyl (C=O) groups excluding carboxylic acids is 4. The van der Waals surface area contributed by atoms with Gasteiger partial charge >= 0.3 is 11.9 Å². The normalized spacial score (nSPS) is 12.8. The average molecular weight is 758 g/mol. The number of rotatable bonds is 30. The highest BCUT2D eigenvalue weighted by Crippen LogP contribution is 2.21. The van der Waals surface area contributed by atoms with Crippen LogP contribution in [0.2, 0.25) is 0 Å². The maximum atomic E-state index is 13.4. The quantitative estimate of drug-likeness (QED) is 0.0527. The molecule has 0 fully saturated rings. The van der Waals surface area contributed by atoms with Gasteiger partial charge in [-0.1, -0.05) is 57.6 Å². The van der Waals surface area contributed by atoms with Crippen molar-refractivity contribution < 1.29 is 39.0 Å². The van der Waals surface area contributed by atoms with E-state index in [0.29, 0.717) is 32.5 Å². The summed E-state index contributed by atoms with van der Waals surface area (Å²) in [6.07, 6.45) is 11.8. The van der Waals surface area contributed by atoms with Gasteiger partial charge < -0.3 is 47.5 Å². The number of nitrogens with one attached hydrogen (secondary N) is 6. The van der Waals surface area contributed by atoms with Gasteiger partial charge in [0.15, 0.2) is 0 Å². The molecule has 54 heavy (non-hydrogen) atoms. The number of aromatic amines is 1. The van der Waals surface area contributed by atoms with Gasteiger partial charge in [0.2, 0.25) is 23.6 Å². The maximum Gasteiger partial charge on any atom is 0.326 e. The zero-order chi connectivity index (χ0) is 39.7. The van der Waals surface area contributed by atoms with Crippen LogP contribution >= 0.6 is 0 Å². The summed E-state index contributed by atoms with van der Waals surface area (Å²) in [5.41, 5.74) is 9.01. The average Bonchev–Trinajstić information content (AvgIpc) is 3.52. The van der Waals surface area contributed by atoms with Crippen LogP contribution in [0.5, 0.6) is 0 Å². The number of nitrogens with two attached hydrogens (primary N) is 1. The Hall–Kier alpha value is -4.50. The molecule has 3 unspecified atom stereocenters. The number of H-pyrrole nitrogens is 1. The lowest BCUT2D eigenvalue weighted by atomic mass is 10.0. The van der Waals surface area contributed by atoms with Crippen LogP contribution in [0.3, 0.4) is 0 Å². The summed E-state index contributed by atoms with van der Waals surface area (Å²) in [7, 11) is 0. The zero-order valence-corrected chi connectivity index (χ0v) is 32.1. The van der Waals surface area contributed by atoms with E-state index in [1.807, 2.05) is 25.1 Å². The van der Waals surface area contributed by atoms with Crippen molar-refractivity contribution in [3.8, 4) is 0 Å². The maximum absolute atomic E-state index is 13.4. The van der Waals surface area contributed by atoms with Crippen LogP contribution in [-0.4, -0.2) is 95.1 Å². The third-order valence-corrected chi connectivity index (χ3v) is 9.21. The summed E-state index contributed by atoms with van der Waals surface area (Å²) in [6, 6.07) is 2.86. The molecule has 15 nitrogen and oxygen atoms in total. The van der Waals surface area contributed by atoms with Crippen molar-refractivity contribution >= 4 is 46.5 Å². The highest BCUT2D eigenvalue weighted by atomic mass is 16.4. The number of hydrogen-bond acceptors (Lipinski definition) is 8. The van der Waals surface area contributed by atoms with E-state index in [9.17, 15) is 33.9 Å². The van der Waals surface area contributed by atoms with Crippen LogP contribution in [-0.2, 0) is 35.2 Å². The predicted octanol–water partition coefficient (Wildman–Crippen LogP) is 3.18. The third kappa shape index (κ3) is 19.0. The molecule has 3 atom stereocenters. The van der Waals surface area contributed by atoms with Gasteiger partial charge in [-0.05, 0) is 75.7 Å². The van der Waals surface area contributed by atoms with E-state index >= 15 is 0 Å². The van der Waals surface area contributed by atoms with E-state index in [1.54, 1.807) is 6.20 Å². The van der Waals surface area contributed by atoms with Crippen molar-refractivity contribution in [1.82, 2.24) is 31.6 Å². The highest BCUT2D eigenvalue weighted by molar-refractivity contribution is 5.91. The fourth-order valence-corrected chi connectivity index (χ4v) is 6.03. The molecule has 0 saturated heterocycles. The number of aliphatic carboxylic acids is 2. The van der Waals surface area contributed by atoms with Gasteiger partial charge in [0.05, 0.1) is 6.04 Å². The Labute approximate surface area is 318 Å². The molecule has 1 heterocycles. The molecule has 0 aliphatic rings. The molecule has 1 aromatic carbocycles. The summed E-state index contributed by atoms with van der Waals surface area (Å²) >= 11 is 0. The van der Waals surface area contributed by atoms with Gasteiger partial charge in [0, 0.05) is 55.9 Å². The predicted molar refractivity (Wildman–Crippen MR) is 208 cm³/mol. The fraction of sp³-hybridized carbons (Fsp3) is 0.641. The standard InChI is InChI=1S/C39H63N7O8/c1-3-4-5-6-7-8-9-14-34(47)42-22-12-20-41-23-19-30(40)37(51)46-33(25-28-26-44-32-24-27(2)17-18-29(28)32)38(52)43-21-11-13-31(39(53)54)45-35(48)15-10-16-36(49)50/h17-18,24,26,30-31,33,41,44H,3-16,19-23,25,40H2,1-2H3,(H,42,47)(H,43,52)(H,45,48)(H,46,51)(H,49,50)(H,53,54). The van der Waals surface area contributed by atoms with Gasteiger partial charge in [-0.25, -0.2) is 4.79 Å². The largest absolute Gasteiger partial charge is 0.481 e. The smallest absolute Gasteiger partial charge is 0.326 e. The minimum Gasteiger partial charge on any atom is -0.481 e. The van der Waals surface area contributed by atoms with Crippen LogP contribution in [0.15, 0.2) is 24.4 Å². The topological polar surface area (TPSA) is 245 Å². The van der Waals surface area contributed by atoms with E-state index in [4.69, 9.17) is 10.8 Å². The van der Waals surface area contributed by atoms with Crippen molar-refractivity contribution in [3.63, 3.8) is 0 Å². The molecule has 1 aromatic heterocycles. The summed E-state index contributed by atoms with van der Waals surface area (Å²) in [5, 5.41) is 33.4. The number of aryl methyl sites for hydroxylation is 1. The van der Waals surface area contributed by atoms with Crippen LogP contribution < -0.4 is 32.3 Å². The summed E-state index contributed by atoms with van der Waals surface area (Å²) in [4.78, 5) is 76.4. The van der Waals surface area contributed by atoms with E-state index in [1.165, 1.54) is 32.1 Å². The molecule has 15 heteroatoms. The number of hydrogen-bond donors (Lipinski definition) is 9. The van der Waals surface area contributed by atoms with Crippen molar-refractivity contribution in [2.24, 2.45) is 5.73 Å². The molecule has 4 amide bonds. The van der Waals surface area contributed by atoms with Gasteiger partial charge in [0.25, 0.3) is 0 Å². The number of carboxylic acids is 2. The number of amides is 4. The lowest BCUT2D eigenvalue weighted by molar-refractivity contribution is -0.142. The van der Waals surface area contributed by atoms with E-state index in [2.05, 4.69) is 38.5 Å². The van der Waals surface area contributed by atoms with Crippen LogP contribution in [0.25, 0.3) is 10.9 Å². The molecule has 302 valence electrons. The summed E-state index contributed by atoms with van der Waals surface area (Å²) < 4.78 is 0. The second-order valence-electron chi connectivity index (χ2n) is 14.0. The molecule has 2 aromatic rings. The minimum atomic E-state index is -1.24. The Morgan fingerprint density at radius 3 is 2.15 bits per heavy atom. The van der Waals surface area contributed by atoms with Crippen molar-refractivity contribution in [1.29, 1.82) is 0 Å². The first-order valence-corrected chi connectivity index (χ1v) is 19.5. The zero-order valence-electron chi connectivity index (χ0n) is 32.1. The Kier molecular flexibility index (Phi) is 22.2. The molecule has 0 saturated carbocycles. The Morgan fingerprint density at radius 2 is 1.43 bits per heavy atom. The van der Waals surface area contributed by atoms with Gasteiger partial charge in [0.1, 0.15) is 12.1 Å². The number of carbonyl (C=O) groups is 6. The van der Waals surface area contributed by atoms with E-state index in [0.717, 1.165) is 41.3 Å². The van der Waals surface area contributed by atoms with Crippen molar-refractivity contribution in [3.05, 3.63) is 35.5 Å². The molecular formula is C39H63N7O8. The lowest BCUT2D eigenvalue weighted by Crippen LogP contribution is -2.53. The van der Waals surface area contributed by atoms with Crippen LogP contribution in [0.1, 0.15) is 114 Å². The number of benzene rings is 1. The minimum absolute atomic E-state index is 0.0304. The number of aromatic nitrogens is 1. The molecule has 0 aliphatic heterocycles. The summed E-state index contributed by atoms with van der Waals surface area (Å²) in [5.74, 6) is -3.72. The molecule has 0 bridgehead atoms. The Balaban J connectivity index is 1.82. The highest BCUT2D eigenvalue weighted by Gasteiger charge is 2.26. The number of unbranched alkanes of at least 4 members (excludes halogenated alkanes) is 6. The first kappa shape index (κ1) is 45.7. The monoisotopic (exact) mass is 757 g/mol. The SMILES string of the molecule is CCCCCCCCCC(=O)NCCCNCCC(N)C(=O)NC(Cc1c[nH]c2cc(C)ccc12)C(=O)NCCCC(NC(=O)CCCC(=O)O)C(=O)O. The molecule has 10 N–H and O–H groups in total. The van der Waals surface area contributed by atoms with E-state index in [-0.39, 0.29) is 51.0 Å². The van der Waals surface area contributed by atoms with Gasteiger partial charge in [-0.3, -0.25) is 24.0 Å². The Morgan fingerprint density at radius 1 is 0.722 bits per heavy atom. The fourth-order valence-electron chi connectivity index (χ4n) is 6.03. The van der Waals surface area contributed by atoms with Gasteiger partial charge in [-0.15, -0.1) is 0 Å². The van der Waals surface area contributed by atoms with Gasteiger partial charge in [-0.2, -0.15) is 0 Å². The molecule has 0 spiro atoms. The van der Waals surface area contributed by atoms with Crippen molar-refractivity contribution in [2.75, 3.05) is 26.2 Å². The molecular weight excluding hydrogens is 694 g/mol. The van der Waals surface area contributed by atoms with Crippen LogP contribution in [0, 0.1) is 6.92 Å². The molecule has 2 rings (SSSR count). The third-order valence-electron chi connectivity index (χ3n) is 9.21. The van der Waals surface area contributed by atoms with Crippen molar-refractivity contribution in [2.45, 2.75) is 135 Å². The second-order valence-corrected chi connectivity index (χ2v) is 14.0. The summed E-state index contributed by atoms with van der Waals surface area (Å²) in [6.45, 7) is 5.95. The number of fused-ring (bicyclic) bond motifs is 1. The molecule has 0 radical (unpaired) electrons. The number of carboxylic acid groups (broad SMARTS) is 2. The lowest BCUT2D eigenvalue weighted by Gasteiger charge is -2.21. The Bertz CT molecular complexity index is 1480. The second kappa shape index (κ2) is 26.3. The first-order chi connectivity index (χ1) is 25.9. The van der Waals surface area contributed by atoms with E-state index < -0.39 is 47.8 Å². The first-order valence-electron chi connectivity index (χ1n) is 19.5. The van der Waals surface area contributed by atoms with Crippen LogP contribution in [0.4, 0.5) is 0 Å². The molecule has 0 aliphatic carbocycles.